The van der Waals surface area contributed by atoms with Crippen LogP contribution in [0, 0.1) is 17.6 Å². The van der Waals surface area contributed by atoms with Gasteiger partial charge in [-0.15, -0.1) is 0 Å². The van der Waals surface area contributed by atoms with E-state index in [-0.39, 0.29) is 37.0 Å². The monoisotopic (exact) mass is 370 g/mol. The number of rotatable bonds is 4. The number of furan rings is 1. The topological polar surface area (TPSA) is 62.6 Å². The van der Waals surface area contributed by atoms with Crippen molar-refractivity contribution in [2.45, 2.75) is 13.0 Å². The summed E-state index contributed by atoms with van der Waals surface area (Å²) in [5, 5.41) is 3.72. The molecule has 1 aliphatic heterocycles. The molecule has 0 bridgehead atoms. The Morgan fingerprint density at radius 1 is 1.19 bits per heavy atom. The van der Waals surface area contributed by atoms with Crippen LogP contribution in [-0.4, -0.2) is 18.4 Å². The predicted octanol–water partition coefficient (Wildman–Crippen LogP) is 3.38. The summed E-state index contributed by atoms with van der Waals surface area (Å²) in [5.41, 5.74) is 1.69. The fraction of sp³-hybridized carbons (Fsp3) is 0.200. The normalized spacial score (nSPS) is 16.9. The quantitative estimate of drug-likeness (QED) is 0.766. The molecular weight excluding hydrogens is 354 g/mol. The zero-order chi connectivity index (χ0) is 19.0. The summed E-state index contributed by atoms with van der Waals surface area (Å²) in [6.45, 7) is 0.356. The fourth-order valence-corrected chi connectivity index (χ4v) is 3.32. The van der Waals surface area contributed by atoms with Gasteiger partial charge in [-0.3, -0.25) is 9.59 Å². The minimum absolute atomic E-state index is 0.00387. The average Bonchev–Trinajstić information content (AvgIpc) is 3.22. The average molecular weight is 370 g/mol. The molecule has 1 aliphatic rings. The van der Waals surface area contributed by atoms with E-state index in [1.807, 2.05) is 24.3 Å². The van der Waals surface area contributed by atoms with Crippen LogP contribution >= 0.6 is 0 Å². The van der Waals surface area contributed by atoms with Crippen molar-refractivity contribution in [2.24, 2.45) is 5.92 Å². The molecule has 0 aliphatic carbocycles. The van der Waals surface area contributed by atoms with Crippen LogP contribution in [0.15, 0.2) is 53.1 Å². The van der Waals surface area contributed by atoms with Gasteiger partial charge in [-0.2, -0.15) is 0 Å². The zero-order valence-electron chi connectivity index (χ0n) is 14.2. The van der Waals surface area contributed by atoms with Crippen LogP contribution in [0.25, 0.3) is 11.0 Å². The van der Waals surface area contributed by atoms with E-state index in [0.717, 1.165) is 34.7 Å². The molecule has 5 nitrogen and oxygen atoms in total. The molecule has 0 saturated carbocycles. The number of anilines is 1. The Morgan fingerprint density at radius 2 is 1.93 bits per heavy atom. The second-order valence-electron chi connectivity index (χ2n) is 6.51. The van der Waals surface area contributed by atoms with Crippen molar-refractivity contribution in [2.75, 3.05) is 11.4 Å². The Bertz CT molecular complexity index is 1010. The molecule has 3 aromatic rings. The Hall–Kier alpha value is -3.22. The smallest absolute Gasteiger partial charge is 0.227 e. The summed E-state index contributed by atoms with van der Waals surface area (Å²) in [6, 6.07) is 10.4. The van der Waals surface area contributed by atoms with Gasteiger partial charge in [0.15, 0.2) is 0 Å². The number of carbonyl (C=O) groups excluding carboxylic acids is 2. The molecule has 1 fully saturated rings. The van der Waals surface area contributed by atoms with Gasteiger partial charge < -0.3 is 14.6 Å². The molecule has 0 spiro atoms. The van der Waals surface area contributed by atoms with E-state index in [9.17, 15) is 18.4 Å². The minimum Gasteiger partial charge on any atom is -0.464 e. The van der Waals surface area contributed by atoms with Crippen molar-refractivity contribution in [3.63, 3.8) is 0 Å². The Kier molecular flexibility index (Phi) is 4.35. The fourth-order valence-electron chi connectivity index (χ4n) is 3.32. The Labute approximate surface area is 153 Å². The maximum Gasteiger partial charge on any atom is 0.227 e. The minimum atomic E-state index is -0.766. The van der Waals surface area contributed by atoms with Gasteiger partial charge >= 0.3 is 0 Å². The molecule has 27 heavy (non-hydrogen) atoms. The standard InChI is InChI=1S/C20H16F2N2O3/c21-14-6-15(22)8-16(7-14)24-10-12(5-19(24)25)20(26)23-9-13-11-27-18-4-2-1-3-17(13)18/h1-4,6-8,11-12H,5,9-10H2,(H,23,26). The second-order valence-corrected chi connectivity index (χ2v) is 6.51. The first kappa shape index (κ1) is 17.2. The highest BCUT2D eigenvalue weighted by atomic mass is 19.1. The van der Waals surface area contributed by atoms with Crippen LogP contribution in [-0.2, 0) is 16.1 Å². The molecule has 2 heterocycles. The lowest BCUT2D eigenvalue weighted by Crippen LogP contribution is -2.32. The molecule has 1 saturated heterocycles. The number of hydrogen-bond donors (Lipinski definition) is 1. The largest absolute Gasteiger partial charge is 0.464 e. The first-order valence-electron chi connectivity index (χ1n) is 8.50. The second kappa shape index (κ2) is 6.83. The molecule has 138 valence electrons. The summed E-state index contributed by atoms with van der Waals surface area (Å²) in [4.78, 5) is 25.9. The van der Waals surface area contributed by atoms with Crippen LogP contribution in [0.2, 0.25) is 0 Å². The molecule has 7 heteroatoms. The molecule has 1 atom stereocenters. The van der Waals surface area contributed by atoms with Gasteiger partial charge in [0, 0.05) is 42.2 Å². The van der Waals surface area contributed by atoms with E-state index in [2.05, 4.69) is 5.32 Å². The van der Waals surface area contributed by atoms with Crippen LogP contribution < -0.4 is 10.2 Å². The van der Waals surface area contributed by atoms with Gasteiger partial charge in [-0.25, -0.2) is 8.78 Å². The number of halogens is 2. The third-order valence-corrected chi connectivity index (χ3v) is 4.67. The van der Waals surface area contributed by atoms with Gasteiger partial charge in [0.25, 0.3) is 0 Å². The van der Waals surface area contributed by atoms with Crippen molar-refractivity contribution in [1.29, 1.82) is 0 Å². The molecule has 1 unspecified atom stereocenters. The van der Waals surface area contributed by atoms with Crippen molar-refractivity contribution >= 4 is 28.5 Å². The summed E-state index contributed by atoms with van der Waals surface area (Å²) < 4.78 is 32.2. The Balaban J connectivity index is 1.43. The summed E-state index contributed by atoms with van der Waals surface area (Å²) >= 11 is 0. The number of benzene rings is 2. The summed E-state index contributed by atoms with van der Waals surface area (Å²) in [7, 11) is 0. The van der Waals surface area contributed by atoms with Crippen molar-refractivity contribution < 1.29 is 22.8 Å². The van der Waals surface area contributed by atoms with Crippen molar-refractivity contribution in [3.8, 4) is 0 Å². The number of hydrogen-bond acceptors (Lipinski definition) is 3. The van der Waals surface area contributed by atoms with E-state index in [0.29, 0.717) is 0 Å². The number of nitrogens with one attached hydrogen (secondary N) is 1. The van der Waals surface area contributed by atoms with Gasteiger partial charge in [-0.05, 0) is 18.2 Å². The molecule has 0 radical (unpaired) electrons. The summed E-state index contributed by atoms with van der Waals surface area (Å²) in [6.07, 6.45) is 1.59. The van der Waals surface area contributed by atoms with Gasteiger partial charge in [-0.1, -0.05) is 18.2 Å². The first-order valence-corrected chi connectivity index (χ1v) is 8.50. The number of fused-ring (bicyclic) bond motifs is 1. The SMILES string of the molecule is O=C(NCc1coc2ccccc12)C1CC(=O)N(c2cc(F)cc(F)c2)C1. The predicted molar refractivity (Wildman–Crippen MR) is 94.9 cm³/mol. The molecule has 2 aromatic carbocycles. The third kappa shape index (κ3) is 3.40. The van der Waals surface area contributed by atoms with E-state index < -0.39 is 17.6 Å². The van der Waals surface area contributed by atoms with Gasteiger partial charge in [0.05, 0.1) is 12.2 Å². The number of amides is 2. The highest BCUT2D eigenvalue weighted by Gasteiger charge is 2.35. The molecular formula is C20H16F2N2O3. The summed E-state index contributed by atoms with van der Waals surface area (Å²) in [5.74, 6) is -2.74. The molecule has 4 rings (SSSR count). The highest BCUT2D eigenvalue weighted by Crippen LogP contribution is 2.27. The van der Waals surface area contributed by atoms with Crippen LogP contribution in [0.5, 0.6) is 0 Å². The lowest BCUT2D eigenvalue weighted by molar-refractivity contribution is -0.126. The van der Waals surface area contributed by atoms with Crippen molar-refractivity contribution in [3.05, 3.63) is 65.9 Å². The van der Waals surface area contributed by atoms with E-state index in [4.69, 9.17) is 4.42 Å². The Morgan fingerprint density at radius 3 is 2.70 bits per heavy atom. The van der Waals surface area contributed by atoms with Gasteiger partial charge in [0.2, 0.25) is 11.8 Å². The number of nitrogens with zero attached hydrogens (tertiary/aromatic N) is 1. The molecule has 1 N–H and O–H groups in total. The van der Waals surface area contributed by atoms with E-state index in [1.54, 1.807) is 6.26 Å². The van der Waals surface area contributed by atoms with Gasteiger partial charge in [0.1, 0.15) is 17.2 Å². The number of para-hydroxylation sites is 1. The van der Waals surface area contributed by atoms with E-state index >= 15 is 0 Å². The molecule has 2 amide bonds. The van der Waals surface area contributed by atoms with Crippen LogP contribution in [0.4, 0.5) is 14.5 Å². The first-order chi connectivity index (χ1) is 13.0. The number of carbonyl (C=O) groups is 2. The highest BCUT2D eigenvalue weighted by molar-refractivity contribution is 6.00. The molecule has 1 aromatic heterocycles. The van der Waals surface area contributed by atoms with Crippen molar-refractivity contribution in [1.82, 2.24) is 5.32 Å². The maximum atomic E-state index is 13.4. The zero-order valence-corrected chi connectivity index (χ0v) is 14.2. The lowest BCUT2D eigenvalue weighted by atomic mass is 10.1. The third-order valence-electron chi connectivity index (χ3n) is 4.67. The van der Waals surface area contributed by atoms with E-state index in [1.165, 1.54) is 4.90 Å². The van der Waals surface area contributed by atoms with Crippen LogP contribution in [0.1, 0.15) is 12.0 Å². The lowest BCUT2D eigenvalue weighted by Gasteiger charge is -2.17. The van der Waals surface area contributed by atoms with Crippen LogP contribution in [0.3, 0.4) is 0 Å². The maximum absolute atomic E-state index is 13.4.